The van der Waals surface area contributed by atoms with Crippen molar-refractivity contribution in [3.8, 4) is 0 Å². The summed E-state index contributed by atoms with van der Waals surface area (Å²) >= 11 is 6.33. The first kappa shape index (κ1) is 12.9. The van der Waals surface area contributed by atoms with E-state index in [0.717, 1.165) is 40.9 Å². The Balaban J connectivity index is 1.92. The minimum Gasteiger partial charge on any atom is -0.323 e. The van der Waals surface area contributed by atoms with Crippen molar-refractivity contribution in [2.24, 2.45) is 5.92 Å². The van der Waals surface area contributed by atoms with Crippen LogP contribution in [0.15, 0.2) is 18.2 Å². The van der Waals surface area contributed by atoms with Crippen LogP contribution in [0.1, 0.15) is 38.6 Å². The first-order valence-corrected chi connectivity index (χ1v) is 7.40. The third-order valence-electron chi connectivity index (χ3n) is 3.66. The summed E-state index contributed by atoms with van der Waals surface area (Å²) in [6.07, 6.45) is 2.75. The maximum Gasteiger partial charge on any atom is 0.124 e. The van der Waals surface area contributed by atoms with Gasteiger partial charge in [-0.1, -0.05) is 17.7 Å². The minimum absolute atomic E-state index is 0.364. The molecule has 0 aliphatic heterocycles. The molecule has 1 N–H and O–H groups in total. The molecule has 1 aliphatic carbocycles. The first-order valence-electron chi connectivity index (χ1n) is 7.03. The van der Waals surface area contributed by atoms with Gasteiger partial charge in [0.25, 0.3) is 0 Å². The molecule has 0 unspecified atom stereocenters. The standard InChI is InChI=1S/C15H20ClN3/c1-10(2)19-14(9-17-8-11-6-7-11)18-13-5-3-4-12(16)15(13)19/h3-5,10-11,17H,6-9H2,1-2H3. The van der Waals surface area contributed by atoms with E-state index in [1.54, 1.807) is 0 Å². The van der Waals surface area contributed by atoms with Crippen molar-refractivity contribution in [3.63, 3.8) is 0 Å². The summed E-state index contributed by atoms with van der Waals surface area (Å²) in [4.78, 5) is 4.73. The van der Waals surface area contributed by atoms with Crippen LogP contribution in [0.4, 0.5) is 0 Å². The zero-order valence-corrected chi connectivity index (χ0v) is 12.2. The molecule has 0 amide bonds. The first-order chi connectivity index (χ1) is 9.16. The normalized spacial score (nSPS) is 15.6. The van der Waals surface area contributed by atoms with Gasteiger partial charge < -0.3 is 9.88 Å². The lowest BCUT2D eigenvalue weighted by atomic mass is 10.3. The molecule has 3 nitrogen and oxygen atoms in total. The van der Waals surface area contributed by atoms with Gasteiger partial charge in [0.05, 0.1) is 22.6 Å². The molecular weight excluding hydrogens is 258 g/mol. The van der Waals surface area contributed by atoms with Crippen LogP contribution in [-0.2, 0) is 6.54 Å². The molecule has 0 radical (unpaired) electrons. The molecule has 4 heteroatoms. The number of hydrogen-bond donors (Lipinski definition) is 1. The molecule has 0 atom stereocenters. The number of imidazole rings is 1. The Morgan fingerprint density at radius 3 is 2.89 bits per heavy atom. The van der Waals surface area contributed by atoms with Crippen molar-refractivity contribution in [2.45, 2.75) is 39.3 Å². The summed E-state index contributed by atoms with van der Waals surface area (Å²) in [6, 6.07) is 6.29. The van der Waals surface area contributed by atoms with Crippen LogP contribution in [0.3, 0.4) is 0 Å². The van der Waals surface area contributed by atoms with E-state index in [4.69, 9.17) is 16.6 Å². The highest BCUT2D eigenvalue weighted by molar-refractivity contribution is 6.35. The average molecular weight is 278 g/mol. The van der Waals surface area contributed by atoms with E-state index in [9.17, 15) is 0 Å². The van der Waals surface area contributed by atoms with Gasteiger partial charge in [0.15, 0.2) is 0 Å². The molecule has 2 aromatic rings. The van der Waals surface area contributed by atoms with Crippen molar-refractivity contribution in [3.05, 3.63) is 29.0 Å². The van der Waals surface area contributed by atoms with E-state index < -0.39 is 0 Å². The summed E-state index contributed by atoms with van der Waals surface area (Å²) in [7, 11) is 0. The quantitative estimate of drug-likeness (QED) is 0.902. The number of hydrogen-bond acceptors (Lipinski definition) is 2. The summed E-state index contributed by atoms with van der Waals surface area (Å²) < 4.78 is 2.25. The van der Waals surface area contributed by atoms with Crippen molar-refractivity contribution in [1.82, 2.24) is 14.9 Å². The van der Waals surface area contributed by atoms with Gasteiger partial charge in [0, 0.05) is 6.04 Å². The fraction of sp³-hybridized carbons (Fsp3) is 0.533. The summed E-state index contributed by atoms with van der Waals surface area (Å²) in [6.45, 7) is 6.28. The van der Waals surface area contributed by atoms with Gasteiger partial charge in [0.2, 0.25) is 0 Å². The van der Waals surface area contributed by atoms with E-state index >= 15 is 0 Å². The lowest BCUT2D eigenvalue weighted by molar-refractivity contribution is 0.545. The third kappa shape index (κ3) is 2.63. The molecule has 1 aromatic heterocycles. The maximum atomic E-state index is 6.33. The van der Waals surface area contributed by atoms with Crippen LogP contribution in [0.25, 0.3) is 11.0 Å². The smallest absolute Gasteiger partial charge is 0.124 e. The number of aromatic nitrogens is 2. The largest absolute Gasteiger partial charge is 0.323 e. The number of nitrogens with zero attached hydrogens (tertiary/aromatic N) is 2. The monoisotopic (exact) mass is 277 g/mol. The Bertz CT molecular complexity index is 584. The second kappa shape index (κ2) is 5.14. The topological polar surface area (TPSA) is 29.9 Å². The van der Waals surface area contributed by atoms with E-state index in [0.29, 0.717) is 6.04 Å². The highest BCUT2D eigenvalue weighted by atomic mass is 35.5. The molecule has 1 aliphatic rings. The molecular formula is C15H20ClN3. The Labute approximate surface area is 119 Å². The Morgan fingerprint density at radius 2 is 2.21 bits per heavy atom. The maximum absolute atomic E-state index is 6.33. The van der Waals surface area contributed by atoms with Crippen molar-refractivity contribution in [2.75, 3.05) is 6.54 Å². The SMILES string of the molecule is CC(C)n1c(CNCC2CC2)nc2cccc(Cl)c21. The van der Waals surface area contributed by atoms with E-state index in [1.165, 1.54) is 12.8 Å². The highest BCUT2D eigenvalue weighted by Gasteiger charge is 2.21. The van der Waals surface area contributed by atoms with E-state index in [2.05, 4.69) is 23.7 Å². The second-order valence-electron chi connectivity index (χ2n) is 5.67. The van der Waals surface area contributed by atoms with Crippen LogP contribution in [0, 0.1) is 5.92 Å². The van der Waals surface area contributed by atoms with Gasteiger partial charge in [-0.25, -0.2) is 4.98 Å². The summed E-state index contributed by atoms with van der Waals surface area (Å²) in [5.74, 6) is 1.97. The van der Waals surface area contributed by atoms with Crippen LogP contribution in [0.2, 0.25) is 5.02 Å². The molecule has 1 fully saturated rings. The van der Waals surface area contributed by atoms with Crippen LogP contribution >= 0.6 is 11.6 Å². The molecule has 3 rings (SSSR count). The van der Waals surface area contributed by atoms with Crippen LogP contribution < -0.4 is 5.32 Å². The molecule has 1 saturated carbocycles. The predicted molar refractivity (Wildman–Crippen MR) is 79.6 cm³/mol. The average Bonchev–Trinajstić information content (AvgIpc) is 3.08. The van der Waals surface area contributed by atoms with Gasteiger partial charge >= 0.3 is 0 Å². The minimum atomic E-state index is 0.364. The molecule has 1 heterocycles. The van der Waals surface area contributed by atoms with Crippen molar-refractivity contribution in [1.29, 1.82) is 0 Å². The molecule has 0 saturated heterocycles. The van der Waals surface area contributed by atoms with Gasteiger partial charge in [-0.2, -0.15) is 0 Å². The van der Waals surface area contributed by atoms with Gasteiger partial charge in [0.1, 0.15) is 5.82 Å². The number of benzene rings is 1. The van der Waals surface area contributed by atoms with Gasteiger partial charge in [-0.3, -0.25) is 0 Å². The molecule has 0 bridgehead atoms. The molecule has 102 valence electrons. The van der Waals surface area contributed by atoms with Crippen LogP contribution in [0.5, 0.6) is 0 Å². The van der Waals surface area contributed by atoms with Crippen LogP contribution in [-0.4, -0.2) is 16.1 Å². The zero-order chi connectivity index (χ0) is 13.4. The number of nitrogens with one attached hydrogen (secondary N) is 1. The third-order valence-corrected chi connectivity index (χ3v) is 3.97. The fourth-order valence-corrected chi connectivity index (χ4v) is 2.81. The van der Waals surface area contributed by atoms with Gasteiger partial charge in [-0.05, 0) is 51.3 Å². The van der Waals surface area contributed by atoms with E-state index in [1.807, 2.05) is 18.2 Å². The fourth-order valence-electron chi connectivity index (χ4n) is 2.55. The number of rotatable bonds is 5. The number of halogens is 1. The molecule has 0 spiro atoms. The Morgan fingerprint density at radius 1 is 1.42 bits per heavy atom. The van der Waals surface area contributed by atoms with Crippen molar-refractivity contribution >= 4 is 22.6 Å². The lowest BCUT2D eigenvalue weighted by Gasteiger charge is -2.14. The van der Waals surface area contributed by atoms with Gasteiger partial charge in [-0.15, -0.1) is 0 Å². The highest BCUT2D eigenvalue weighted by Crippen LogP contribution is 2.29. The zero-order valence-electron chi connectivity index (χ0n) is 11.5. The number of para-hydroxylation sites is 1. The Hall–Kier alpha value is -1.06. The Kier molecular flexibility index (Phi) is 3.50. The molecule has 19 heavy (non-hydrogen) atoms. The van der Waals surface area contributed by atoms with Crippen molar-refractivity contribution < 1.29 is 0 Å². The summed E-state index contributed by atoms with van der Waals surface area (Å²) in [5, 5.41) is 4.30. The predicted octanol–water partition coefficient (Wildman–Crippen LogP) is 3.77. The lowest BCUT2D eigenvalue weighted by Crippen LogP contribution is -2.20. The molecule has 1 aromatic carbocycles. The summed E-state index contributed by atoms with van der Waals surface area (Å²) in [5.41, 5.74) is 2.05. The second-order valence-corrected chi connectivity index (χ2v) is 6.08. The van der Waals surface area contributed by atoms with E-state index in [-0.39, 0.29) is 0 Å². The number of fused-ring (bicyclic) bond motifs is 1.